The molecule has 6 nitrogen and oxygen atoms in total. The fourth-order valence-corrected chi connectivity index (χ4v) is 2.99. The van der Waals surface area contributed by atoms with Gasteiger partial charge in [0.1, 0.15) is 0 Å². The summed E-state index contributed by atoms with van der Waals surface area (Å²) in [5.41, 5.74) is 1.08. The van der Waals surface area contributed by atoms with E-state index in [0.717, 1.165) is 25.7 Å². The fraction of sp³-hybridized carbons (Fsp3) is 0.389. The number of benzene rings is 1. The number of nitrogens with one attached hydrogen (secondary N) is 1. The first-order valence-corrected chi connectivity index (χ1v) is 8.21. The Morgan fingerprint density at radius 3 is 2.79 bits per heavy atom. The molecule has 1 saturated carbocycles. The van der Waals surface area contributed by atoms with E-state index >= 15 is 0 Å². The van der Waals surface area contributed by atoms with Crippen molar-refractivity contribution in [3.63, 3.8) is 0 Å². The molecule has 1 aromatic heterocycles. The highest BCUT2D eigenvalue weighted by Crippen LogP contribution is 2.28. The lowest BCUT2D eigenvalue weighted by Crippen LogP contribution is -2.32. The zero-order valence-corrected chi connectivity index (χ0v) is 13.6. The molecule has 1 aliphatic rings. The van der Waals surface area contributed by atoms with Gasteiger partial charge in [0.15, 0.2) is 17.8 Å². The van der Waals surface area contributed by atoms with Crippen LogP contribution in [-0.4, -0.2) is 29.5 Å². The Balaban J connectivity index is 1.91. The van der Waals surface area contributed by atoms with Crippen LogP contribution in [0.5, 0.6) is 0 Å². The fourth-order valence-electron chi connectivity index (χ4n) is 2.99. The van der Waals surface area contributed by atoms with Crippen LogP contribution in [0.15, 0.2) is 35.1 Å². The van der Waals surface area contributed by atoms with Gasteiger partial charge in [-0.05, 0) is 25.8 Å². The van der Waals surface area contributed by atoms with Crippen LogP contribution in [0.2, 0.25) is 0 Å². The number of hydrogen-bond acceptors (Lipinski definition) is 5. The first-order valence-electron chi connectivity index (χ1n) is 8.21. The molecule has 2 aromatic rings. The average Bonchev–Trinajstić information content (AvgIpc) is 3.26. The summed E-state index contributed by atoms with van der Waals surface area (Å²) in [4.78, 5) is 28.6. The number of aromatic nitrogens is 1. The molecule has 1 aliphatic carbocycles. The Bertz CT molecular complexity index is 732. The normalized spacial score (nSPS) is 14.5. The maximum absolute atomic E-state index is 12.6. The largest absolute Gasteiger partial charge is 0.461 e. The van der Waals surface area contributed by atoms with Gasteiger partial charge in [-0.1, -0.05) is 31.0 Å². The van der Waals surface area contributed by atoms with Crippen molar-refractivity contribution in [1.82, 2.24) is 10.3 Å². The van der Waals surface area contributed by atoms with Gasteiger partial charge in [0.25, 0.3) is 5.91 Å². The second-order valence-electron chi connectivity index (χ2n) is 5.75. The zero-order chi connectivity index (χ0) is 16.9. The highest BCUT2D eigenvalue weighted by molar-refractivity contribution is 6.03. The van der Waals surface area contributed by atoms with Gasteiger partial charge in [0.2, 0.25) is 0 Å². The number of ether oxygens (including phenoxy) is 1. The van der Waals surface area contributed by atoms with E-state index in [1.807, 2.05) is 0 Å². The van der Waals surface area contributed by atoms with Crippen LogP contribution < -0.4 is 5.32 Å². The summed E-state index contributed by atoms with van der Waals surface area (Å²) in [6, 6.07) is 7.25. The standard InChI is InChI=1S/C18H20N2O4/c1-2-23-18(22)15-16(24-11-19-15)13-9-5-6-10-14(13)17(21)20-12-7-3-4-8-12/h5-6,9-12H,2-4,7-8H2,1H3,(H,20,21). The predicted molar refractivity (Wildman–Crippen MR) is 87.6 cm³/mol. The second-order valence-corrected chi connectivity index (χ2v) is 5.75. The second kappa shape index (κ2) is 7.29. The average molecular weight is 328 g/mol. The molecule has 1 N–H and O–H groups in total. The van der Waals surface area contributed by atoms with Gasteiger partial charge in [-0.15, -0.1) is 0 Å². The van der Waals surface area contributed by atoms with Gasteiger partial charge in [-0.25, -0.2) is 9.78 Å². The number of oxazole rings is 1. The summed E-state index contributed by atoms with van der Waals surface area (Å²) in [5, 5.41) is 3.05. The van der Waals surface area contributed by atoms with Crippen LogP contribution in [0, 0.1) is 0 Å². The molecule has 0 bridgehead atoms. The van der Waals surface area contributed by atoms with E-state index in [1.165, 1.54) is 6.39 Å². The Kier molecular flexibility index (Phi) is 4.93. The monoisotopic (exact) mass is 328 g/mol. The summed E-state index contributed by atoms with van der Waals surface area (Å²) in [7, 11) is 0. The van der Waals surface area contributed by atoms with Gasteiger partial charge in [0.05, 0.1) is 12.2 Å². The van der Waals surface area contributed by atoms with E-state index in [9.17, 15) is 9.59 Å². The molecule has 0 aliphatic heterocycles. The maximum atomic E-state index is 12.6. The lowest BCUT2D eigenvalue weighted by molar-refractivity contribution is 0.0520. The third-order valence-corrected chi connectivity index (χ3v) is 4.14. The highest BCUT2D eigenvalue weighted by atomic mass is 16.5. The number of amides is 1. The molecular weight excluding hydrogens is 308 g/mol. The molecule has 0 atom stereocenters. The summed E-state index contributed by atoms with van der Waals surface area (Å²) in [6.45, 7) is 1.97. The first kappa shape index (κ1) is 16.2. The number of rotatable bonds is 5. The van der Waals surface area contributed by atoms with Gasteiger partial charge < -0.3 is 14.5 Å². The van der Waals surface area contributed by atoms with Crippen LogP contribution in [0.3, 0.4) is 0 Å². The Labute approximate surface area is 140 Å². The molecule has 0 radical (unpaired) electrons. The molecule has 6 heteroatoms. The maximum Gasteiger partial charge on any atom is 0.360 e. The predicted octanol–water partition coefficient (Wildman–Crippen LogP) is 3.19. The molecular formula is C18H20N2O4. The van der Waals surface area contributed by atoms with Crippen LogP contribution in [-0.2, 0) is 4.74 Å². The molecule has 1 fully saturated rings. The number of carbonyl (C=O) groups excluding carboxylic acids is 2. The van der Waals surface area contributed by atoms with E-state index in [2.05, 4.69) is 10.3 Å². The van der Waals surface area contributed by atoms with Crippen molar-refractivity contribution in [2.24, 2.45) is 0 Å². The van der Waals surface area contributed by atoms with Crippen molar-refractivity contribution < 1.29 is 18.7 Å². The quantitative estimate of drug-likeness (QED) is 0.853. The van der Waals surface area contributed by atoms with Crippen molar-refractivity contribution in [3.8, 4) is 11.3 Å². The number of esters is 1. The number of carbonyl (C=O) groups is 2. The lowest BCUT2D eigenvalue weighted by atomic mass is 10.0. The zero-order valence-electron chi connectivity index (χ0n) is 13.6. The van der Waals surface area contributed by atoms with E-state index < -0.39 is 5.97 Å². The Morgan fingerprint density at radius 2 is 2.04 bits per heavy atom. The SMILES string of the molecule is CCOC(=O)c1ncoc1-c1ccccc1C(=O)NC1CCCC1. The minimum Gasteiger partial charge on any atom is -0.461 e. The molecule has 1 heterocycles. The summed E-state index contributed by atoms with van der Waals surface area (Å²) < 4.78 is 10.4. The van der Waals surface area contributed by atoms with Crippen molar-refractivity contribution in [3.05, 3.63) is 41.9 Å². The van der Waals surface area contributed by atoms with Crippen LogP contribution in [0.25, 0.3) is 11.3 Å². The molecule has 1 aromatic carbocycles. The van der Waals surface area contributed by atoms with Gasteiger partial charge >= 0.3 is 5.97 Å². The smallest absolute Gasteiger partial charge is 0.360 e. The molecule has 3 rings (SSSR count). The van der Waals surface area contributed by atoms with E-state index in [-0.39, 0.29) is 30.0 Å². The molecule has 0 unspecified atom stereocenters. The van der Waals surface area contributed by atoms with Crippen LogP contribution in [0.4, 0.5) is 0 Å². The van der Waals surface area contributed by atoms with Gasteiger partial charge in [-0.2, -0.15) is 0 Å². The first-order chi connectivity index (χ1) is 11.7. The van der Waals surface area contributed by atoms with Crippen molar-refractivity contribution in [2.75, 3.05) is 6.61 Å². The van der Waals surface area contributed by atoms with E-state index in [0.29, 0.717) is 11.1 Å². The highest BCUT2D eigenvalue weighted by Gasteiger charge is 2.25. The third kappa shape index (κ3) is 3.32. The van der Waals surface area contributed by atoms with Crippen molar-refractivity contribution >= 4 is 11.9 Å². The Hall–Kier alpha value is -2.63. The molecule has 126 valence electrons. The number of hydrogen-bond donors (Lipinski definition) is 1. The minimum atomic E-state index is -0.563. The van der Waals surface area contributed by atoms with Crippen molar-refractivity contribution in [2.45, 2.75) is 38.6 Å². The molecule has 24 heavy (non-hydrogen) atoms. The summed E-state index contributed by atoms with van der Waals surface area (Å²) >= 11 is 0. The van der Waals surface area contributed by atoms with E-state index in [4.69, 9.17) is 9.15 Å². The van der Waals surface area contributed by atoms with E-state index in [1.54, 1.807) is 31.2 Å². The molecule has 0 saturated heterocycles. The molecule has 0 spiro atoms. The summed E-state index contributed by atoms with van der Waals surface area (Å²) in [6.07, 6.45) is 5.48. The topological polar surface area (TPSA) is 81.4 Å². The van der Waals surface area contributed by atoms with Crippen molar-refractivity contribution in [1.29, 1.82) is 0 Å². The number of nitrogens with zero attached hydrogens (tertiary/aromatic N) is 1. The van der Waals surface area contributed by atoms with Crippen LogP contribution in [0.1, 0.15) is 53.5 Å². The third-order valence-electron chi connectivity index (χ3n) is 4.14. The molecule has 1 amide bonds. The van der Waals surface area contributed by atoms with Crippen LogP contribution >= 0.6 is 0 Å². The summed E-state index contributed by atoms with van der Waals surface area (Å²) in [5.74, 6) is -0.471. The van der Waals surface area contributed by atoms with Gasteiger partial charge in [0, 0.05) is 11.6 Å². The van der Waals surface area contributed by atoms with Gasteiger partial charge in [-0.3, -0.25) is 4.79 Å². The Morgan fingerprint density at radius 1 is 1.29 bits per heavy atom. The minimum absolute atomic E-state index is 0.0815. The lowest BCUT2D eigenvalue weighted by Gasteiger charge is -2.14.